The Kier molecular flexibility index (Phi) is 71.9. The standard InChI is InChI=1S/C79H154O17P2/c1-5-9-13-17-21-24-27-29-31-33-35-36-37-38-40-42-44-47-50-54-58-62-66-79(84)96-75(70-90-77(82)64-60-56-52-48-46-43-41-39-34-32-30-28-25-22-18-14-10-6-2)72-94-98(87,88)92-68-73(80)67-91-97(85,86)93-71-74(69-89-76(81)63-59-55-51-20-16-12-8-4)95-78(83)65-61-57-53-49-45-26-23-19-15-11-7-3/h73-75,80H,5-72H2,1-4H3,(H,85,86)(H,87,88)/t73-,74+,75+/m0/s1. The Labute approximate surface area is 600 Å². The number of rotatable bonds is 80. The lowest BCUT2D eigenvalue weighted by Gasteiger charge is -2.21. The molecule has 0 fully saturated rings. The zero-order chi connectivity index (χ0) is 71.8. The number of aliphatic hydroxyl groups is 1. The first kappa shape index (κ1) is 96.1. The van der Waals surface area contributed by atoms with Crippen LogP contribution >= 0.6 is 15.6 Å². The Morgan fingerprint density at radius 1 is 0.245 bits per heavy atom. The summed E-state index contributed by atoms with van der Waals surface area (Å²) in [5, 5.41) is 10.6. The van der Waals surface area contributed by atoms with Crippen molar-refractivity contribution in [3.05, 3.63) is 0 Å². The van der Waals surface area contributed by atoms with Crippen molar-refractivity contribution < 1.29 is 80.2 Å². The Morgan fingerprint density at radius 3 is 0.602 bits per heavy atom. The SMILES string of the molecule is CCCCCCCCCCCCCCCCCCCCCCCCC(=O)O[C@H](COC(=O)CCCCCCCCCCCCCCCCCCCC)COP(=O)(O)OC[C@@H](O)COP(=O)(O)OC[C@@H](COC(=O)CCCCCCCCC)OC(=O)CCCCCCCCCCCCC. The Hall–Kier alpha value is -1.94. The van der Waals surface area contributed by atoms with Gasteiger partial charge in [0.15, 0.2) is 12.2 Å². The maximum atomic E-state index is 13.1. The highest BCUT2D eigenvalue weighted by atomic mass is 31.2. The molecule has 0 aromatic rings. The van der Waals surface area contributed by atoms with E-state index < -0.39 is 97.5 Å². The summed E-state index contributed by atoms with van der Waals surface area (Å²) in [6.07, 6.45) is 65.5. The molecule has 0 aliphatic rings. The lowest BCUT2D eigenvalue weighted by atomic mass is 10.0. The number of hydrogen-bond donors (Lipinski definition) is 3. The molecular weight excluding hydrogens is 1280 g/mol. The molecule has 0 saturated carbocycles. The van der Waals surface area contributed by atoms with Crippen LogP contribution in [0.2, 0.25) is 0 Å². The number of phosphoric ester groups is 2. The topological polar surface area (TPSA) is 237 Å². The molecule has 19 heteroatoms. The van der Waals surface area contributed by atoms with Gasteiger partial charge in [-0.15, -0.1) is 0 Å². The van der Waals surface area contributed by atoms with E-state index >= 15 is 0 Å². The second kappa shape index (κ2) is 73.4. The highest BCUT2D eigenvalue weighted by molar-refractivity contribution is 7.47. The van der Waals surface area contributed by atoms with Gasteiger partial charge in [0.2, 0.25) is 0 Å². The van der Waals surface area contributed by atoms with Gasteiger partial charge in [0, 0.05) is 25.7 Å². The Bertz CT molecular complexity index is 1860. The van der Waals surface area contributed by atoms with Crippen molar-refractivity contribution in [2.24, 2.45) is 0 Å². The van der Waals surface area contributed by atoms with E-state index in [-0.39, 0.29) is 25.7 Å². The first-order valence-electron chi connectivity index (χ1n) is 41.3. The van der Waals surface area contributed by atoms with E-state index in [1.54, 1.807) is 0 Å². The predicted molar refractivity (Wildman–Crippen MR) is 400 cm³/mol. The van der Waals surface area contributed by atoms with Crippen LogP contribution in [0.4, 0.5) is 0 Å². The predicted octanol–water partition coefficient (Wildman–Crippen LogP) is 23.8. The maximum Gasteiger partial charge on any atom is 0.472 e. The van der Waals surface area contributed by atoms with Gasteiger partial charge < -0.3 is 33.8 Å². The van der Waals surface area contributed by atoms with Crippen LogP contribution in [0.15, 0.2) is 0 Å². The van der Waals surface area contributed by atoms with Gasteiger partial charge in [-0.3, -0.25) is 37.3 Å². The van der Waals surface area contributed by atoms with Crippen LogP contribution in [0.5, 0.6) is 0 Å². The van der Waals surface area contributed by atoms with Gasteiger partial charge in [0.25, 0.3) is 0 Å². The first-order valence-corrected chi connectivity index (χ1v) is 44.3. The Balaban J connectivity index is 5.14. The molecule has 0 heterocycles. The average Bonchev–Trinajstić information content (AvgIpc) is 2.05. The zero-order valence-corrected chi connectivity index (χ0v) is 65.6. The number of phosphoric acid groups is 2. The zero-order valence-electron chi connectivity index (χ0n) is 63.8. The molecule has 3 N–H and O–H groups in total. The van der Waals surface area contributed by atoms with Gasteiger partial charge in [0.1, 0.15) is 19.3 Å². The highest BCUT2D eigenvalue weighted by Crippen LogP contribution is 2.45. The third-order valence-electron chi connectivity index (χ3n) is 18.6. The maximum absolute atomic E-state index is 13.1. The molecule has 2 unspecified atom stereocenters. The molecule has 582 valence electrons. The van der Waals surface area contributed by atoms with Crippen molar-refractivity contribution in [2.75, 3.05) is 39.6 Å². The third-order valence-corrected chi connectivity index (χ3v) is 20.5. The van der Waals surface area contributed by atoms with Crippen molar-refractivity contribution >= 4 is 39.5 Å². The summed E-state index contributed by atoms with van der Waals surface area (Å²) in [5.74, 6) is -2.11. The summed E-state index contributed by atoms with van der Waals surface area (Å²) in [6.45, 7) is 4.96. The molecule has 5 atom stereocenters. The number of hydrogen-bond acceptors (Lipinski definition) is 15. The summed E-state index contributed by atoms with van der Waals surface area (Å²) >= 11 is 0. The lowest BCUT2D eigenvalue weighted by molar-refractivity contribution is -0.161. The number of carbonyl (C=O) groups excluding carboxylic acids is 4. The van der Waals surface area contributed by atoms with Gasteiger partial charge in [-0.2, -0.15) is 0 Å². The molecule has 0 bridgehead atoms. The van der Waals surface area contributed by atoms with Crippen molar-refractivity contribution in [1.82, 2.24) is 0 Å². The minimum atomic E-state index is -4.96. The fraction of sp³-hybridized carbons (Fsp3) is 0.949. The van der Waals surface area contributed by atoms with Crippen LogP contribution in [0, 0.1) is 0 Å². The quantitative estimate of drug-likeness (QED) is 0.0222. The van der Waals surface area contributed by atoms with E-state index in [4.69, 9.17) is 37.0 Å². The van der Waals surface area contributed by atoms with E-state index in [1.165, 1.54) is 244 Å². The molecule has 0 amide bonds. The normalized spacial score (nSPS) is 13.8. The second-order valence-corrected chi connectivity index (χ2v) is 31.4. The monoisotopic (exact) mass is 1440 g/mol. The first-order chi connectivity index (χ1) is 47.7. The fourth-order valence-electron chi connectivity index (χ4n) is 12.3. The van der Waals surface area contributed by atoms with Crippen LogP contribution in [0.3, 0.4) is 0 Å². The van der Waals surface area contributed by atoms with E-state index in [9.17, 15) is 43.2 Å². The van der Waals surface area contributed by atoms with Crippen molar-refractivity contribution in [3.63, 3.8) is 0 Å². The van der Waals surface area contributed by atoms with Crippen LogP contribution in [-0.4, -0.2) is 96.7 Å². The molecule has 98 heavy (non-hydrogen) atoms. The molecule has 0 aromatic heterocycles. The van der Waals surface area contributed by atoms with Crippen molar-refractivity contribution in [3.8, 4) is 0 Å². The molecule has 0 spiro atoms. The highest BCUT2D eigenvalue weighted by Gasteiger charge is 2.30. The molecular formula is C79H154O17P2. The van der Waals surface area contributed by atoms with Gasteiger partial charge >= 0.3 is 39.5 Å². The van der Waals surface area contributed by atoms with Gasteiger partial charge in [-0.25, -0.2) is 9.13 Å². The average molecular weight is 1440 g/mol. The minimum absolute atomic E-state index is 0.107. The molecule has 0 saturated heterocycles. The summed E-state index contributed by atoms with van der Waals surface area (Å²) in [5.41, 5.74) is 0. The third kappa shape index (κ3) is 72.4. The molecule has 0 aliphatic heterocycles. The lowest BCUT2D eigenvalue weighted by Crippen LogP contribution is -2.30. The van der Waals surface area contributed by atoms with Crippen LogP contribution in [0.25, 0.3) is 0 Å². The minimum Gasteiger partial charge on any atom is -0.462 e. The molecule has 0 radical (unpaired) electrons. The fourth-order valence-corrected chi connectivity index (χ4v) is 13.9. The van der Waals surface area contributed by atoms with Crippen molar-refractivity contribution in [1.29, 1.82) is 0 Å². The number of unbranched alkanes of at least 4 members (excludes halogenated alkanes) is 54. The van der Waals surface area contributed by atoms with Crippen LogP contribution in [0.1, 0.15) is 426 Å². The van der Waals surface area contributed by atoms with E-state index in [1.807, 2.05) is 0 Å². The van der Waals surface area contributed by atoms with Crippen LogP contribution < -0.4 is 0 Å². The summed E-state index contributed by atoms with van der Waals surface area (Å²) < 4.78 is 68.5. The smallest absolute Gasteiger partial charge is 0.462 e. The second-order valence-electron chi connectivity index (χ2n) is 28.5. The van der Waals surface area contributed by atoms with Gasteiger partial charge in [-0.1, -0.05) is 374 Å². The molecule has 0 aromatic carbocycles. The van der Waals surface area contributed by atoms with E-state index in [0.29, 0.717) is 25.7 Å². The van der Waals surface area contributed by atoms with Crippen molar-refractivity contribution in [2.45, 2.75) is 444 Å². The largest absolute Gasteiger partial charge is 0.472 e. The van der Waals surface area contributed by atoms with E-state index in [2.05, 4.69) is 27.7 Å². The van der Waals surface area contributed by atoms with Gasteiger partial charge in [-0.05, 0) is 25.7 Å². The van der Waals surface area contributed by atoms with E-state index in [0.717, 1.165) is 103 Å². The molecule has 17 nitrogen and oxygen atoms in total. The number of carbonyl (C=O) groups is 4. The molecule has 0 aliphatic carbocycles. The van der Waals surface area contributed by atoms with Crippen LogP contribution in [-0.2, 0) is 65.4 Å². The summed E-state index contributed by atoms with van der Waals surface area (Å²) in [7, 11) is -9.91. The molecule has 0 rings (SSSR count). The summed E-state index contributed by atoms with van der Waals surface area (Å²) in [4.78, 5) is 72.7. The number of esters is 4. The van der Waals surface area contributed by atoms with Gasteiger partial charge in [0.05, 0.1) is 26.4 Å². The number of ether oxygens (including phenoxy) is 4. The number of aliphatic hydroxyl groups excluding tert-OH is 1. The summed E-state index contributed by atoms with van der Waals surface area (Å²) in [6, 6.07) is 0. The Morgan fingerprint density at radius 2 is 0.408 bits per heavy atom.